The van der Waals surface area contributed by atoms with Crippen LogP contribution >= 0.6 is 0 Å². The molecule has 2 aromatic carbocycles. The predicted octanol–water partition coefficient (Wildman–Crippen LogP) is 2.46. The number of nitrogens with one attached hydrogen (secondary N) is 1. The van der Waals surface area contributed by atoms with E-state index in [-0.39, 0.29) is 6.03 Å². The second-order valence-corrected chi connectivity index (χ2v) is 7.68. The van der Waals surface area contributed by atoms with Crippen molar-refractivity contribution >= 4 is 17.1 Å². The first-order valence-electron chi connectivity index (χ1n) is 10.5. The van der Waals surface area contributed by atoms with Crippen LogP contribution in [0.25, 0.3) is 11.0 Å². The summed E-state index contributed by atoms with van der Waals surface area (Å²) in [6, 6.07) is 17.9. The lowest BCUT2D eigenvalue weighted by Crippen LogP contribution is -2.45. The van der Waals surface area contributed by atoms with Gasteiger partial charge in [-0.1, -0.05) is 42.5 Å². The Hall–Kier alpha value is -2.90. The van der Waals surface area contributed by atoms with Gasteiger partial charge in [-0.15, -0.1) is 0 Å². The second kappa shape index (κ2) is 9.73. The summed E-state index contributed by atoms with van der Waals surface area (Å²) in [5, 5.41) is 3.00. The first kappa shape index (κ1) is 20.4. The summed E-state index contributed by atoms with van der Waals surface area (Å²) >= 11 is 0. The highest BCUT2D eigenvalue weighted by atomic mass is 16.5. The summed E-state index contributed by atoms with van der Waals surface area (Å²) in [7, 11) is 2.15. The van der Waals surface area contributed by atoms with Crippen molar-refractivity contribution in [2.75, 3.05) is 52.9 Å². The van der Waals surface area contributed by atoms with Crippen molar-refractivity contribution < 1.29 is 9.53 Å². The smallest absolute Gasteiger partial charge is 0.330 e. The quantitative estimate of drug-likeness (QED) is 0.652. The minimum atomic E-state index is -0.214. The second-order valence-electron chi connectivity index (χ2n) is 7.68. The molecular weight excluding hydrogens is 378 g/mol. The zero-order chi connectivity index (χ0) is 20.8. The number of piperazine rings is 1. The maximum absolute atomic E-state index is 12.9. The highest BCUT2D eigenvalue weighted by Gasteiger charge is 2.19. The molecule has 4 rings (SSSR count). The molecule has 0 atom stereocenters. The van der Waals surface area contributed by atoms with Gasteiger partial charge < -0.3 is 15.0 Å². The highest BCUT2D eigenvalue weighted by Crippen LogP contribution is 2.21. The van der Waals surface area contributed by atoms with Crippen LogP contribution in [0.4, 0.5) is 4.79 Å². The number of ether oxygens (including phenoxy) is 1. The van der Waals surface area contributed by atoms with Crippen molar-refractivity contribution in [1.29, 1.82) is 0 Å². The molecule has 1 fully saturated rings. The maximum Gasteiger partial charge on any atom is 0.330 e. The van der Waals surface area contributed by atoms with Crippen molar-refractivity contribution in [3.05, 3.63) is 60.2 Å². The summed E-state index contributed by atoms with van der Waals surface area (Å²) < 4.78 is 7.52. The SMILES string of the molecule is CN1CCN(CCOc2nc3ccccc3n2C(=O)NCCc2ccccc2)CC1. The number of aromatic nitrogens is 2. The Bertz CT molecular complexity index is 964. The Morgan fingerprint density at radius 3 is 2.57 bits per heavy atom. The van der Waals surface area contributed by atoms with Gasteiger partial charge in [0.1, 0.15) is 6.61 Å². The molecule has 1 aliphatic rings. The molecule has 0 bridgehead atoms. The summed E-state index contributed by atoms with van der Waals surface area (Å²) in [5.41, 5.74) is 2.70. The fourth-order valence-corrected chi connectivity index (χ4v) is 3.67. The Balaban J connectivity index is 1.40. The minimum Gasteiger partial charge on any atom is -0.463 e. The summed E-state index contributed by atoms with van der Waals surface area (Å²) in [6.07, 6.45) is 0.777. The largest absolute Gasteiger partial charge is 0.463 e. The molecule has 1 amide bonds. The Morgan fingerprint density at radius 2 is 1.77 bits per heavy atom. The van der Waals surface area contributed by atoms with Gasteiger partial charge in [-0.2, -0.15) is 4.98 Å². The molecule has 1 aromatic heterocycles. The van der Waals surface area contributed by atoms with Crippen LogP contribution in [0.5, 0.6) is 6.01 Å². The lowest BCUT2D eigenvalue weighted by Gasteiger charge is -2.32. The number of benzene rings is 2. The number of para-hydroxylation sites is 2. The van der Waals surface area contributed by atoms with E-state index in [1.54, 1.807) is 4.57 Å². The number of carbonyl (C=O) groups excluding carboxylic acids is 1. The van der Waals surface area contributed by atoms with E-state index in [1.807, 2.05) is 42.5 Å². The summed E-state index contributed by atoms with van der Waals surface area (Å²) in [4.78, 5) is 22.2. The van der Waals surface area contributed by atoms with Gasteiger partial charge in [0, 0.05) is 39.3 Å². The number of amides is 1. The van der Waals surface area contributed by atoms with E-state index in [0.717, 1.165) is 50.2 Å². The third kappa shape index (κ3) is 4.98. The van der Waals surface area contributed by atoms with Crippen LogP contribution in [-0.4, -0.2) is 78.3 Å². The number of likely N-dealkylation sites (N-methyl/N-ethyl adjacent to an activating group) is 1. The lowest BCUT2D eigenvalue weighted by molar-refractivity contribution is 0.130. The molecule has 0 saturated carbocycles. The number of imidazole rings is 1. The van der Waals surface area contributed by atoms with E-state index in [2.05, 4.69) is 39.3 Å². The van der Waals surface area contributed by atoms with Crippen LogP contribution in [0, 0.1) is 0 Å². The highest BCUT2D eigenvalue weighted by molar-refractivity contribution is 5.90. The first-order valence-corrected chi connectivity index (χ1v) is 10.5. The van der Waals surface area contributed by atoms with Crippen LogP contribution < -0.4 is 10.1 Å². The third-order valence-corrected chi connectivity index (χ3v) is 5.50. The molecule has 0 radical (unpaired) electrons. The van der Waals surface area contributed by atoms with Crippen LogP contribution in [-0.2, 0) is 6.42 Å². The number of hydrogen-bond acceptors (Lipinski definition) is 5. The normalized spacial score (nSPS) is 15.4. The van der Waals surface area contributed by atoms with Gasteiger partial charge in [-0.05, 0) is 31.2 Å². The van der Waals surface area contributed by atoms with Gasteiger partial charge in [0.2, 0.25) is 0 Å². The van der Waals surface area contributed by atoms with Gasteiger partial charge in [0.15, 0.2) is 0 Å². The van der Waals surface area contributed by atoms with Crippen LogP contribution in [0.2, 0.25) is 0 Å². The van der Waals surface area contributed by atoms with Crippen LogP contribution in [0.15, 0.2) is 54.6 Å². The van der Waals surface area contributed by atoms with Gasteiger partial charge >= 0.3 is 12.0 Å². The first-order chi connectivity index (χ1) is 14.7. The van der Waals surface area contributed by atoms with Gasteiger partial charge in [-0.3, -0.25) is 4.90 Å². The van der Waals surface area contributed by atoms with E-state index < -0.39 is 0 Å². The summed E-state index contributed by atoms with van der Waals surface area (Å²) in [5.74, 6) is 0. The summed E-state index contributed by atoms with van der Waals surface area (Å²) in [6.45, 7) is 6.10. The van der Waals surface area contributed by atoms with Crippen LogP contribution in [0.1, 0.15) is 5.56 Å². The molecule has 30 heavy (non-hydrogen) atoms. The lowest BCUT2D eigenvalue weighted by atomic mass is 10.1. The molecular formula is C23H29N5O2. The molecule has 2 heterocycles. The average Bonchev–Trinajstić information content (AvgIpc) is 3.14. The standard InChI is InChI=1S/C23H29N5O2/c1-26-13-15-27(16-14-26)17-18-30-23-25-20-9-5-6-10-21(20)28(23)22(29)24-12-11-19-7-3-2-4-8-19/h2-10H,11-18H2,1H3,(H,24,29). The average molecular weight is 408 g/mol. The number of rotatable bonds is 7. The van der Waals surface area contributed by atoms with E-state index >= 15 is 0 Å². The van der Waals surface area contributed by atoms with E-state index in [9.17, 15) is 4.79 Å². The molecule has 1 saturated heterocycles. The van der Waals surface area contributed by atoms with E-state index in [0.29, 0.717) is 19.2 Å². The minimum absolute atomic E-state index is 0.214. The molecule has 1 N–H and O–H groups in total. The van der Waals surface area contributed by atoms with E-state index in [1.165, 1.54) is 5.56 Å². The molecule has 7 nitrogen and oxygen atoms in total. The fraction of sp³-hybridized carbons (Fsp3) is 0.391. The molecule has 1 aliphatic heterocycles. The van der Waals surface area contributed by atoms with Crippen molar-refractivity contribution in [1.82, 2.24) is 24.7 Å². The van der Waals surface area contributed by atoms with Crippen molar-refractivity contribution in [2.45, 2.75) is 6.42 Å². The maximum atomic E-state index is 12.9. The third-order valence-electron chi connectivity index (χ3n) is 5.50. The number of carbonyl (C=O) groups is 1. The van der Waals surface area contributed by atoms with Crippen molar-refractivity contribution in [2.24, 2.45) is 0 Å². The molecule has 7 heteroatoms. The Labute approximate surface area is 177 Å². The molecule has 0 unspecified atom stereocenters. The molecule has 3 aromatic rings. The molecule has 0 aliphatic carbocycles. The zero-order valence-electron chi connectivity index (χ0n) is 17.5. The molecule has 158 valence electrons. The van der Waals surface area contributed by atoms with Crippen LogP contribution in [0.3, 0.4) is 0 Å². The van der Waals surface area contributed by atoms with Gasteiger partial charge in [0.25, 0.3) is 0 Å². The van der Waals surface area contributed by atoms with Crippen molar-refractivity contribution in [3.8, 4) is 6.01 Å². The zero-order valence-corrected chi connectivity index (χ0v) is 17.5. The van der Waals surface area contributed by atoms with E-state index in [4.69, 9.17) is 4.74 Å². The Morgan fingerprint density at radius 1 is 1.03 bits per heavy atom. The number of nitrogens with zero attached hydrogens (tertiary/aromatic N) is 4. The monoisotopic (exact) mass is 407 g/mol. The van der Waals surface area contributed by atoms with Gasteiger partial charge in [-0.25, -0.2) is 9.36 Å². The topological polar surface area (TPSA) is 62.6 Å². The number of hydrogen-bond donors (Lipinski definition) is 1. The van der Waals surface area contributed by atoms with Crippen molar-refractivity contribution in [3.63, 3.8) is 0 Å². The Kier molecular flexibility index (Phi) is 6.61. The van der Waals surface area contributed by atoms with Gasteiger partial charge in [0.05, 0.1) is 11.0 Å². The molecule has 0 spiro atoms. The number of fused-ring (bicyclic) bond motifs is 1. The predicted molar refractivity (Wildman–Crippen MR) is 118 cm³/mol. The fourth-order valence-electron chi connectivity index (χ4n) is 3.67.